The molecule has 3 rings (SSSR count). The normalized spacial score (nSPS) is 16.0. The summed E-state index contributed by atoms with van der Waals surface area (Å²) in [5.74, 6) is 0.0639. The van der Waals surface area contributed by atoms with Crippen molar-refractivity contribution < 1.29 is 29.0 Å². The number of methoxy groups -OCH3 is 1. The van der Waals surface area contributed by atoms with E-state index in [1.54, 1.807) is 53.7 Å². The largest absolute Gasteiger partial charge is 0.490 e. The molecule has 2 aromatic rings. The van der Waals surface area contributed by atoms with Crippen LogP contribution in [0, 0.1) is 0 Å². The lowest BCUT2D eigenvalue weighted by Crippen LogP contribution is -2.59. The van der Waals surface area contributed by atoms with Gasteiger partial charge in [-0.3, -0.25) is 4.98 Å². The molecule has 1 aliphatic heterocycles. The Morgan fingerprint density at radius 2 is 1.97 bits per heavy atom. The number of pyridine rings is 1. The molecule has 1 atom stereocenters. The number of esters is 1. The van der Waals surface area contributed by atoms with Crippen molar-refractivity contribution in [3.8, 4) is 5.75 Å². The first kappa shape index (κ1) is 20.9. The molecule has 0 radical (unpaired) electrons. The molecule has 10 heteroatoms. The van der Waals surface area contributed by atoms with Crippen molar-refractivity contribution in [1.82, 2.24) is 14.8 Å². The molecule has 1 aromatic heterocycles. The van der Waals surface area contributed by atoms with Crippen molar-refractivity contribution in [2.75, 3.05) is 38.7 Å². The van der Waals surface area contributed by atoms with E-state index in [9.17, 15) is 19.5 Å². The Labute approximate surface area is 173 Å². The van der Waals surface area contributed by atoms with E-state index in [-0.39, 0.29) is 32.3 Å². The number of nitrogens with zero attached hydrogens (tertiary/aromatic N) is 3. The third kappa shape index (κ3) is 5.16. The Balaban J connectivity index is 1.67. The van der Waals surface area contributed by atoms with Gasteiger partial charge in [0.25, 0.3) is 0 Å². The summed E-state index contributed by atoms with van der Waals surface area (Å²) in [4.78, 5) is 42.5. The second-order valence-corrected chi connectivity index (χ2v) is 6.57. The van der Waals surface area contributed by atoms with E-state index >= 15 is 0 Å². The van der Waals surface area contributed by atoms with Gasteiger partial charge >= 0.3 is 18.1 Å². The summed E-state index contributed by atoms with van der Waals surface area (Å²) in [7, 11) is 1.29. The van der Waals surface area contributed by atoms with Crippen molar-refractivity contribution >= 4 is 23.8 Å². The zero-order chi connectivity index (χ0) is 21.5. The minimum Gasteiger partial charge on any atom is -0.490 e. The number of nitrogens with one attached hydrogen (secondary N) is 1. The highest BCUT2D eigenvalue weighted by atomic mass is 16.5. The fourth-order valence-electron chi connectivity index (χ4n) is 3.07. The first-order valence-electron chi connectivity index (χ1n) is 9.24. The number of urea groups is 1. The van der Waals surface area contributed by atoms with Gasteiger partial charge in [-0.2, -0.15) is 0 Å². The molecule has 10 nitrogen and oxygen atoms in total. The predicted molar refractivity (Wildman–Crippen MR) is 107 cm³/mol. The van der Waals surface area contributed by atoms with Crippen LogP contribution in [0.1, 0.15) is 10.4 Å². The van der Waals surface area contributed by atoms with Crippen LogP contribution in [-0.2, 0) is 4.74 Å². The molecule has 0 bridgehead atoms. The van der Waals surface area contributed by atoms with Crippen LogP contribution >= 0.6 is 0 Å². The molecule has 0 saturated carbocycles. The summed E-state index contributed by atoms with van der Waals surface area (Å²) in [6.07, 6.45) is 2.12. The van der Waals surface area contributed by atoms with Gasteiger partial charge in [0.2, 0.25) is 0 Å². The van der Waals surface area contributed by atoms with Gasteiger partial charge in [0.05, 0.1) is 24.9 Å². The quantitative estimate of drug-likeness (QED) is 0.719. The minimum absolute atomic E-state index is 0.115. The van der Waals surface area contributed by atoms with Gasteiger partial charge in [-0.25, -0.2) is 14.4 Å². The first-order valence-corrected chi connectivity index (χ1v) is 9.24. The van der Waals surface area contributed by atoms with Crippen LogP contribution in [0.2, 0.25) is 0 Å². The third-order valence-electron chi connectivity index (χ3n) is 4.65. The number of piperazine rings is 1. The summed E-state index contributed by atoms with van der Waals surface area (Å²) >= 11 is 0. The Hall–Kier alpha value is -3.82. The van der Waals surface area contributed by atoms with E-state index in [1.165, 1.54) is 12.0 Å². The van der Waals surface area contributed by atoms with Gasteiger partial charge in [-0.15, -0.1) is 0 Å². The number of carboxylic acid groups (broad SMARTS) is 1. The lowest BCUT2D eigenvalue weighted by atomic mass is 10.2. The maximum atomic E-state index is 12.8. The number of benzene rings is 1. The summed E-state index contributed by atoms with van der Waals surface area (Å²) in [5.41, 5.74) is 0.869. The van der Waals surface area contributed by atoms with E-state index in [2.05, 4.69) is 15.0 Å². The number of amides is 3. The Bertz CT molecular complexity index is 890. The molecule has 30 heavy (non-hydrogen) atoms. The van der Waals surface area contributed by atoms with Gasteiger partial charge in [0.1, 0.15) is 12.4 Å². The summed E-state index contributed by atoms with van der Waals surface area (Å²) in [6, 6.07) is 8.88. The monoisotopic (exact) mass is 414 g/mol. The Kier molecular flexibility index (Phi) is 6.68. The maximum absolute atomic E-state index is 12.8. The fraction of sp³-hybridized carbons (Fsp3) is 0.300. The van der Waals surface area contributed by atoms with Crippen LogP contribution in [-0.4, -0.2) is 77.4 Å². The van der Waals surface area contributed by atoms with E-state index in [4.69, 9.17) is 4.74 Å². The summed E-state index contributed by atoms with van der Waals surface area (Å²) in [5, 5.41) is 12.1. The molecular formula is C20H22N4O6. The van der Waals surface area contributed by atoms with Crippen molar-refractivity contribution in [1.29, 1.82) is 0 Å². The molecule has 1 unspecified atom stereocenters. The van der Waals surface area contributed by atoms with E-state index in [1.807, 2.05) is 0 Å². The van der Waals surface area contributed by atoms with Crippen molar-refractivity contribution in [2.45, 2.75) is 6.04 Å². The number of hydrogen-bond acceptors (Lipinski definition) is 6. The molecule has 0 spiro atoms. The smallest absolute Gasteiger partial charge is 0.407 e. The van der Waals surface area contributed by atoms with E-state index in [0.717, 1.165) is 0 Å². The number of carbonyl (C=O) groups excluding carboxylic acids is 2. The van der Waals surface area contributed by atoms with Gasteiger partial charge < -0.3 is 29.7 Å². The van der Waals surface area contributed by atoms with Gasteiger partial charge in [-0.1, -0.05) is 0 Å². The average molecular weight is 414 g/mol. The zero-order valence-corrected chi connectivity index (χ0v) is 16.4. The zero-order valence-electron chi connectivity index (χ0n) is 16.4. The summed E-state index contributed by atoms with van der Waals surface area (Å²) < 4.78 is 10.4. The average Bonchev–Trinajstić information content (AvgIpc) is 2.78. The highest BCUT2D eigenvalue weighted by Crippen LogP contribution is 2.17. The third-order valence-corrected chi connectivity index (χ3v) is 4.65. The molecule has 1 aliphatic rings. The molecule has 2 heterocycles. The number of aromatic nitrogens is 1. The Morgan fingerprint density at radius 1 is 1.20 bits per heavy atom. The van der Waals surface area contributed by atoms with Gasteiger partial charge in [-0.05, 0) is 36.4 Å². The van der Waals surface area contributed by atoms with Crippen molar-refractivity contribution in [3.05, 3.63) is 54.4 Å². The molecule has 0 aliphatic carbocycles. The second-order valence-electron chi connectivity index (χ2n) is 6.57. The minimum atomic E-state index is -1.04. The van der Waals surface area contributed by atoms with E-state index in [0.29, 0.717) is 17.0 Å². The highest BCUT2D eigenvalue weighted by molar-refractivity contribution is 5.92. The number of hydrogen-bond donors (Lipinski definition) is 2. The van der Waals surface area contributed by atoms with Crippen LogP contribution in [0.4, 0.5) is 15.3 Å². The Morgan fingerprint density at radius 3 is 2.60 bits per heavy atom. The molecule has 1 aromatic carbocycles. The van der Waals surface area contributed by atoms with Crippen molar-refractivity contribution in [3.63, 3.8) is 0 Å². The number of carbonyl (C=O) groups is 3. The van der Waals surface area contributed by atoms with E-state index < -0.39 is 18.1 Å². The van der Waals surface area contributed by atoms with Crippen LogP contribution in [0.3, 0.4) is 0 Å². The predicted octanol–water partition coefficient (Wildman–Crippen LogP) is 2.14. The molecule has 158 valence electrons. The topological polar surface area (TPSA) is 121 Å². The second kappa shape index (κ2) is 9.59. The SMILES string of the molecule is COC(=O)c1ccc(NC(=O)N2CCN(C(=O)O)CC2COc2cccnc2)cc1. The summed E-state index contributed by atoms with van der Waals surface area (Å²) in [6.45, 7) is 0.668. The lowest BCUT2D eigenvalue weighted by Gasteiger charge is -2.39. The number of rotatable bonds is 5. The highest BCUT2D eigenvalue weighted by Gasteiger charge is 2.33. The number of ether oxygens (including phenoxy) is 2. The van der Waals surface area contributed by atoms with Crippen molar-refractivity contribution in [2.24, 2.45) is 0 Å². The lowest BCUT2D eigenvalue weighted by molar-refractivity contribution is 0.0600. The fourth-order valence-corrected chi connectivity index (χ4v) is 3.07. The molecular weight excluding hydrogens is 392 g/mol. The van der Waals surface area contributed by atoms with Crippen LogP contribution in [0.5, 0.6) is 5.75 Å². The van der Waals surface area contributed by atoms with Gasteiger partial charge in [0.15, 0.2) is 0 Å². The van der Waals surface area contributed by atoms with Crippen LogP contribution in [0.25, 0.3) is 0 Å². The standard InChI is InChI=1S/C20H22N4O6/c1-29-18(25)14-4-6-15(7-5-14)22-19(26)24-10-9-23(20(27)28)12-16(24)13-30-17-3-2-8-21-11-17/h2-8,11,16H,9-10,12-13H2,1H3,(H,22,26)(H,27,28). The number of anilines is 1. The maximum Gasteiger partial charge on any atom is 0.407 e. The molecule has 1 saturated heterocycles. The molecule has 1 fully saturated rings. The van der Waals surface area contributed by atoms with Gasteiger partial charge in [0, 0.05) is 31.5 Å². The van der Waals surface area contributed by atoms with Crippen LogP contribution in [0.15, 0.2) is 48.8 Å². The van der Waals surface area contributed by atoms with Crippen LogP contribution < -0.4 is 10.1 Å². The molecule has 3 amide bonds. The first-order chi connectivity index (χ1) is 14.5. The molecule has 2 N–H and O–H groups in total.